The molecule has 0 aliphatic rings. The van der Waals surface area contributed by atoms with E-state index in [4.69, 9.17) is 4.74 Å². The number of aliphatic carboxylic acids is 1. The molecule has 2 amide bonds. The van der Waals surface area contributed by atoms with Gasteiger partial charge in [0.2, 0.25) is 0 Å². The third kappa shape index (κ3) is 6.74. The Morgan fingerprint density at radius 2 is 2.09 bits per heavy atom. The average Bonchev–Trinajstić information content (AvgIpc) is 2.51. The molecule has 23 heavy (non-hydrogen) atoms. The molecule has 0 saturated carbocycles. The highest BCUT2D eigenvalue weighted by Gasteiger charge is 2.10. The Morgan fingerprint density at radius 1 is 1.35 bits per heavy atom. The van der Waals surface area contributed by atoms with Crippen LogP contribution in [0, 0.1) is 0 Å². The maximum absolute atomic E-state index is 11.3. The van der Waals surface area contributed by atoms with E-state index in [-0.39, 0.29) is 6.54 Å². The van der Waals surface area contributed by atoms with Crippen LogP contribution >= 0.6 is 15.9 Å². The SMILES string of the molecule is C=CCNC(=O)C(=O)N/N=C\c1ccc(OCC(=O)[O-])c(Br)c1. The standard InChI is InChI=1S/C14H14BrN3O5/c1-2-5-16-13(21)14(22)18-17-7-9-3-4-11(10(15)6-9)23-8-12(19)20/h2-4,6-7H,1,5,8H2,(H,16,21)(H,18,22)(H,19,20)/p-1/b17-7-. The van der Waals surface area contributed by atoms with Gasteiger partial charge in [0.1, 0.15) is 12.4 Å². The fourth-order valence-electron chi connectivity index (χ4n) is 1.31. The summed E-state index contributed by atoms with van der Waals surface area (Å²) in [5, 5.41) is 16.3. The summed E-state index contributed by atoms with van der Waals surface area (Å²) < 4.78 is 5.48. The fourth-order valence-corrected chi connectivity index (χ4v) is 1.82. The first-order valence-corrected chi connectivity index (χ1v) is 7.07. The number of halogens is 1. The number of nitrogens with zero attached hydrogens (tertiary/aromatic N) is 1. The van der Waals surface area contributed by atoms with Crippen molar-refractivity contribution in [2.45, 2.75) is 0 Å². The van der Waals surface area contributed by atoms with Crippen molar-refractivity contribution in [2.24, 2.45) is 5.10 Å². The van der Waals surface area contributed by atoms with Gasteiger partial charge in [0, 0.05) is 6.54 Å². The third-order valence-electron chi connectivity index (χ3n) is 2.29. The lowest BCUT2D eigenvalue weighted by molar-refractivity contribution is -0.307. The lowest BCUT2D eigenvalue weighted by Crippen LogP contribution is -2.37. The van der Waals surface area contributed by atoms with Crippen molar-refractivity contribution in [3.8, 4) is 5.75 Å². The summed E-state index contributed by atoms with van der Waals surface area (Å²) in [4.78, 5) is 32.9. The number of hydrogen-bond acceptors (Lipinski definition) is 6. The highest BCUT2D eigenvalue weighted by Crippen LogP contribution is 2.25. The van der Waals surface area contributed by atoms with Gasteiger partial charge in [0.25, 0.3) is 0 Å². The number of amides is 2. The molecule has 0 unspecified atom stereocenters. The third-order valence-corrected chi connectivity index (χ3v) is 2.91. The van der Waals surface area contributed by atoms with Crippen molar-refractivity contribution in [2.75, 3.05) is 13.2 Å². The molecule has 0 atom stereocenters. The number of nitrogens with one attached hydrogen (secondary N) is 2. The van der Waals surface area contributed by atoms with Crippen molar-refractivity contribution in [1.29, 1.82) is 0 Å². The zero-order valence-corrected chi connectivity index (χ0v) is 13.5. The molecular weight excluding hydrogens is 370 g/mol. The predicted molar refractivity (Wildman–Crippen MR) is 83.6 cm³/mol. The number of rotatable bonds is 7. The maximum atomic E-state index is 11.3. The zero-order valence-electron chi connectivity index (χ0n) is 11.9. The number of benzene rings is 1. The normalized spacial score (nSPS) is 10.1. The minimum absolute atomic E-state index is 0.177. The van der Waals surface area contributed by atoms with Gasteiger partial charge in [-0.3, -0.25) is 9.59 Å². The molecule has 0 radical (unpaired) electrons. The largest absolute Gasteiger partial charge is 0.546 e. The Kier molecular flexibility index (Phi) is 7.48. The van der Waals surface area contributed by atoms with Crippen molar-refractivity contribution in [1.82, 2.24) is 10.7 Å². The van der Waals surface area contributed by atoms with E-state index in [1.807, 2.05) is 0 Å². The van der Waals surface area contributed by atoms with Gasteiger partial charge >= 0.3 is 11.8 Å². The number of carboxylic acid groups (broad SMARTS) is 1. The summed E-state index contributed by atoms with van der Waals surface area (Å²) in [6.07, 6.45) is 2.75. The molecule has 9 heteroatoms. The first-order valence-electron chi connectivity index (χ1n) is 6.28. The lowest BCUT2D eigenvalue weighted by Gasteiger charge is -2.08. The molecule has 0 saturated heterocycles. The van der Waals surface area contributed by atoms with E-state index >= 15 is 0 Å². The topological polar surface area (TPSA) is 120 Å². The molecule has 0 bridgehead atoms. The minimum atomic E-state index is -1.33. The lowest BCUT2D eigenvalue weighted by atomic mass is 10.2. The minimum Gasteiger partial charge on any atom is -0.546 e. The van der Waals surface area contributed by atoms with Gasteiger partial charge in [0.05, 0.1) is 16.7 Å². The molecule has 0 aliphatic heterocycles. The van der Waals surface area contributed by atoms with Crippen molar-refractivity contribution < 1.29 is 24.2 Å². The quantitative estimate of drug-likeness (QED) is 0.280. The molecule has 0 fully saturated rings. The second-order valence-electron chi connectivity index (χ2n) is 4.05. The van der Waals surface area contributed by atoms with Crippen LogP contribution in [0.3, 0.4) is 0 Å². The van der Waals surface area contributed by atoms with Crippen LogP contribution in [0.15, 0.2) is 40.4 Å². The van der Waals surface area contributed by atoms with E-state index in [1.54, 1.807) is 12.1 Å². The van der Waals surface area contributed by atoms with Gasteiger partial charge in [0.15, 0.2) is 0 Å². The van der Waals surface area contributed by atoms with Crippen LogP contribution in [0.5, 0.6) is 5.75 Å². The van der Waals surface area contributed by atoms with Gasteiger partial charge in [-0.1, -0.05) is 6.08 Å². The predicted octanol–water partition coefficient (Wildman–Crippen LogP) is -0.670. The van der Waals surface area contributed by atoms with Gasteiger partial charge in [-0.05, 0) is 39.7 Å². The molecular formula is C14H13BrN3O5-. The molecule has 1 aromatic rings. The van der Waals surface area contributed by atoms with E-state index in [9.17, 15) is 19.5 Å². The van der Waals surface area contributed by atoms with Gasteiger partial charge in [-0.2, -0.15) is 5.10 Å². The van der Waals surface area contributed by atoms with Crippen molar-refractivity contribution in [3.05, 3.63) is 40.9 Å². The van der Waals surface area contributed by atoms with Crippen LogP contribution in [0.1, 0.15) is 5.56 Å². The highest BCUT2D eigenvalue weighted by atomic mass is 79.9. The molecule has 122 valence electrons. The van der Waals surface area contributed by atoms with E-state index < -0.39 is 24.4 Å². The number of carbonyl (C=O) groups excluding carboxylic acids is 3. The van der Waals surface area contributed by atoms with Crippen LogP contribution < -0.4 is 20.6 Å². The monoisotopic (exact) mass is 382 g/mol. The van der Waals surface area contributed by atoms with Gasteiger partial charge < -0.3 is 20.0 Å². The summed E-state index contributed by atoms with van der Waals surface area (Å²) in [5.41, 5.74) is 2.65. The smallest absolute Gasteiger partial charge is 0.329 e. The molecule has 0 heterocycles. The van der Waals surface area contributed by atoms with Crippen LogP contribution in [0.2, 0.25) is 0 Å². The fraction of sp³-hybridized carbons (Fsp3) is 0.143. The second kappa shape index (κ2) is 9.36. The van der Waals surface area contributed by atoms with Crippen molar-refractivity contribution >= 4 is 39.9 Å². The Balaban J connectivity index is 2.58. The summed E-state index contributed by atoms with van der Waals surface area (Å²) in [7, 11) is 0. The molecule has 1 aromatic carbocycles. The summed E-state index contributed by atoms with van der Waals surface area (Å²) >= 11 is 3.21. The summed E-state index contributed by atoms with van der Waals surface area (Å²) in [6.45, 7) is 3.01. The van der Waals surface area contributed by atoms with Gasteiger partial charge in [-0.15, -0.1) is 6.58 Å². The van der Waals surface area contributed by atoms with Gasteiger partial charge in [-0.25, -0.2) is 5.43 Å². The average molecular weight is 383 g/mol. The summed E-state index contributed by atoms with van der Waals surface area (Å²) in [5.74, 6) is -2.75. The van der Waals surface area contributed by atoms with Crippen LogP contribution in [-0.2, 0) is 14.4 Å². The molecule has 8 nitrogen and oxygen atoms in total. The Labute approximate surface area is 140 Å². The molecule has 0 spiro atoms. The van der Waals surface area contributed by atoms with E-state index in [0.717, 1.165) is 0 Å². The Hall–Kier alpha value is -2.68. The second-order valence-corrected chi connectivity index (χ2v) is 4.90. The maximum Gasteiger partial charge on any atom is 0.329 e. The first kappa shape index (κ1) is 18.4. The molecule has 2 N–H and O–H groups in total. The first-order chi connectivity index (χ1) is 10.9. The number of hydrogen-bond donors (Lipinski definition) is 2. The van der Waals surface area contributed by atoms with Crippen molar-refractivity contribution in [3.63, 3.8) is 0 Å². The molecule has 1 rings (SSSR count). The van der Waals surface area contributed by atoms with E-state index in [0.29, 0.717) is 15.8 Å². The van der Waals surface area contributed by atoms with Crippen LogP contribution in [0.25, 0.3) is 0 Å². The van der Waals surface area contributed by atoms with Crippen LogP contribution in [0.4, 0.5) is 0 Å². The Morgan fingerprint density at radius 3 is 2.70 bits per heavy atom. The van der Waals surface area contributed by atoms with Crippen LogP contribution in [-0.4, -0.2) is 37.1 Å². The summed E-state index contributed by atoms with van der Waals surface area (Å²) in [6, 6.07) is 4.70. The van der Waals surface area contributed by atoms with E-state index in [2.05, 4.69) is 38.4 Å². The number of hydrazone groups is 1. The number of ether oxygens (including phenoxy) is 1. The highest BCUT2D eigenvalue weighted by molar-refractivity contribution is 9.10. The number of carboxylic acids is 1. The van der Waals surface area contributed by atoms with E-state index in [1.165, 1.54) is 18.4 Å². The number of carbonyl (C=O) groups is 3. The molecule has 0 aromatic heterocycles. The zero-order chi connectivity index (χ0) is 17.2. The molecule has 0 aliphatic carbocycles. The Bertz CT molecular complexity index is 645.